The van der Waals surface area contributed by atoms with Crippen LogP contribution in [0.4, 0.5) is 0 Å². The molecule has 0 aliphatic carbocycles. The SMILES string of the molecule is O=C(O)C1(O)OC(O)(C(=O)O)C(O)(O)C1(O)O. The van der Waals surface area contributed by atoms with Crippen molar-refractivity contribution < 1.29 is 55.2 Å². The van der Waals surface area contributed by atoms with Gasteiger partial charge in [-0.15, -0.1) is 0 Å². The summed E-state index contributed by atoms with van der Waals surface area (Å²) >= 11 is 0. The minimum absolute atomic E-state index is 2.56. The highest BCUT2D eigenvalue weighted by molar-refractivity contribution is 5.83. The molecule has 0 aromatic rings. The van der Waals surface area contributed by atoms with Crippen LogP contribution < -0.4 is 0 Å². The van der Waals surface area contributed by atoms with Crippen molar-refractivity contribution in [2.24, 2.45) is 0 Å². The number of carboxylic acids is 2. The van der Waals surface area contributed by atoms with Crippen LogP contribution in [0, 0.1) is 0 Å². The Kier molecular flexibility index (Phi) is 2.51. The van der Waals surface area contributed by atoms with Crippen LogP contribution in [0.5, 0.6) is 0 Å². The minimum Gasteiger partial charge on any atom is -0.477 e. The number of carboxylic acid groups (broad SMARTS) is 2. The summed E-state index contributed by atoms with van der Waals surface area (Å²) in [5.41, 5.74) is 0. The van der Waals surface area contributed by atoms with Crippen molar-refractivity contribution >= 4 is 11.9 Å². The predicted molar refractivity (Wildman–Crippen MR) is 40.6 cm³/mol. The van der Waals surface area contributed by atoms with Gasteiger partial charge in [0.2, 0.25) is 0 Å². The fourth-order valence-electron chi connectivity index (χ4n) is 1.21. The molecule has 11 heteroatoms. The van der Waals surface area contributed by atoms with Crippen LogP contribution in [0.1, 0.15) is 0 Å². The zero-order chi connectivity index (χ0) is 13.9. The lowest BCUT2D eigenvalue weighted by Gasteiger charge is -2.33. The molecule has 1 heterocycles. The van der Waals surface area contributed by atoms with E-state index in [2.05, 4.69) is 4.74 Å². The summed E-state index contributed by atoms with van der Waals surface area (Å²) in [6, 6.07) is 0. The Balaban J connectivity index is 3.51. The van der Waals surface area contributed by atoms with Gasteiger partial charge in [0.05, 0.1) is 0 Å². The van der Waals surface area contributed by atoms with Crippen molar-refractivity contribution in [2.75, 3.05) is 0 Å². The summed E-state index contributed by atoms with van der Waals surface area (Å²) in [5, 5.41) is 71.5. The summed E-state index contributed by atoms with van der Waals surface area (Å²) in [4.78, 5) is 21.0. The predicted octanol–water partition coefficient (Wildman–Crippen LogP) is -5.08. The molecule has 1 aliphatic heterocycles. The van der Waals surface area contributed by atoms with Gasteiger partial charge >= 0.3 is 23.5 Å². The molecule has 2 atom stereocenters. The molecule has 1 aliphatic rings. The first kappa shape index (κ1) is 13.7. The van der Waals surface area contributed by atoms with E-state index >= 15 is 0 Å². The average molecular weight is 256 g/mol. The molecule has 98 valence electrons. The third-order valence-electron chi connectivity index (χ3n) is 2.31. The topological polar surface area (TPSA) is 205 Å². The van der Waals surface area contributed by atoms with Gasteiger partial charge in [0.1, 0.15) is 0 Å². The lowest BCUT2D eigenvalue weighted by Crippen LogP contribution is -2.69. The molecule has 1 rings (SSSR count). The van der Waals surface area contributed by atoms with Crippen molar-refractivity contribution in [2.45, 2.75) is 23.1 Å². The fourth-order valence-corrected chi connectivity index (χ4v) is 1.21. The fraction of sp³-hybridized carbons (Fsp3) is 0.667. The number of aliphatic carboxylic acids is 2. The number of carbonyl (C=O) groups is 2. The molecule has 0 bridgehead atoms. The lowest BCUT2D eigenvalue weighted by molar-refractivity contribution is -0.399. The van der Waals surface area contributed by atoms with Gasteiger partial charge in [-0.1, -0.05) is 0 Å². The van der Waals surface area contributed by atoms with E-state index in [9.17, 15) is 9.59 Å². The van der Waals surface area contributed by atoms with Crippen molar-refractivity contribution in [3.63, 3.8) is 0 Å². The maximum atomic E-state index is 10.5. The van der Waals surface area contributed by atoms with Crippen molar-refractivity contribution in [3.05, 3.63) is 0 Å². The van der Waals surface area contributed by atoms with Gasteiger partial charge in [0.15, 0.2) is 0 Å². The zero-order valence-corrected chi connectivity index (χ0v) is 7.80. The van der Waals surface area contributed by atoms with E-state index in [1.54, 1.807) is 0 Å². The highest BCUT2D eigenvalue weighted by atomic mass is 16.8. The quantitative estimate of drug-likeness (QED) is 0.219. The van der Waals surface area contributed by atoms with E-state index in [1.165, 1.54) is 0 Å². The van der Waals surface area contributed by atoms with Gasteiger partial charge in [0, 0.05) is 0 Å². The molecule has 1 fully saturated rings. The molecule has 0 spiro atoms. The zero-order valence-electron chi connectivity index (χ0n) is 7.80. The van der Waals surface area contributed by atoms with E-state index in [1.807, 2.05) is 0 Å². The van der Waals surface area contributed by atoms with E-state index in [0.29, 0.717) is 0 Å². The first-order chi connectivity index (χ1) is 7.34. The molecule has 8 N–H and O–H groups in total. The second-order valence-corrected chi connectivity index (χ2v) is 3.34. The van der Waals surface area contributed by atoms with Crippen LogP contribution in [0.2, 0.25) is 0 Å². The van der Waals surface area contributed by atoms with E-state index in [4.69, 9.17) is 40.9 Å². The minimum atomic E-state index is -4.40. The molecule has 0 aromatic heterocycles. The smallest absolute Gasteiger partial charge is 0.370 e. The van der Waals surface area contributed by atoms with Crippen LogP contribution in [0.25, 0.3) is 0 Å². The molecular weight excluding hydrogens is 248 g/mol. The van der Waals surface area contributed by atoms with Crippen LogP contribution in [-0.2, 0) is 14.3 Å². The van der Waals surface area contributed by atoms with Crippen LogP contribution in [0.3, 0.4) is 0 Å². The normalized spacial score (nSPS) is 38.9. The standard InChI is InChI=1S/C6H8O11/c7-1(8)3(11)5(13,14)6(15,16)4(12,17-3)2(9)10/h11-16H,(H,7,8)(H,9,10). The van der Waals surface area contributed by atoms with Gasteiger partial charge in [-0.05, 0) is 0 Å². The maximum Gasteiger partial charge on any atom is 0.370 e. The average Bonchev–Trinajstić information content (AvgIpc) is 2.25. The van der Waals surface area contributed by atoms with Gasteiger partial charge in [-0.2, -0.15) is 0 Å². The highest BCUT2D eigenvalue weighted by Crippen LogP contribution is 2.47. The number of hydrogen-bond donors (Lipinski definition) is 8. The highest BCUT2D eigenvalue weighted by Gasteiger charge is 2.86. The first-order valence-corrected chi connectivity index (χ1v) is 3.86. The Morgan fingerprint density at radius 1 is 0.706 bits per heavy atom. The van der Waals surface area contributed by atoms with E-state index in [-0.39, 0.29) is 0 Å². The van der Waals surface area contributed by atoms with Crippen LogP contribution in [-0.4, -0.2) is 75.9 Å². The molecule has 0 radical (unpaired) electrons. The van der Waals surface area contributed by atoms with Crippen molar-refractivity contribution in [1.82, 2.24) is 0 Å². The third-order valence-corrected chi connectivity index (χ3v) is 2.31. The molecule has 1 saturated heterocycles. The van der Waals surface area contributed by atoms with Gasteiger partial charge < -0.3 is 40.9 Å². The Bertz CT molecular complexity index is 349. The van der Waals surface area contributed by atoms with Crippen molar-refractivity contribution in [3.8, 4) is 0 Å². The monoisotopic (exact) mass is 256 g/mol. The Hall–Kier alpha value is -1.34. The summed E-state index contributed by atoms with van der Waals surface area (Å²) < 4.78 is 3.60. The molecule has 0 saturated carbocycles. The van der Waals surface area contributed by atoms with Gasteiger partial charge in [0.25, 0.3) is 11.6 Å². The molecule has 11 nitrogen and oxygen atoms in total. The second-order valence-electron chi connectivity index (χ2n) is 3.34. The van der Waals surface area contributed by atoms with Crippen molar-refractivity contribution in [1.29, 1.82) is 0 Å². The lowest BCUT2D eigenvalue weighted by atomic mass is 9.94. The molecule has 0 aromatic carbocycles. The second kappa shape index (κ2) is 3.11. The maximum absolute atomic E-state index is 10.5. The van der Waals surface area contributed by atoms with Crippen LogP contribution >= 0.6 is 0 Å². The van der Waals surface area contributed by atoms with Gasteiger partial charge in [-0.25, -0.2) is 9.59 Å². The largest absolute Gasteiger partial charge is 0.477 e. The number of aliphatic hydroxyl groups is 6. The number of ether oxygens (including phenoxy) is 1. The molecule has 2 unspecified atom stereocenters. The van der Waals surface area contributed by atoms with E-state index < -0.39 is 35.1 Å². The van der Waals surface area contributed by atoms with Crippen LogP contribution in [0.15, 0.2) is 0 Å². The Morgan fingerprint density at radius 3 is 1.06 bits per heavy atom. The summed E-state index contributed by atoms with van der Waals surface area (Å²) in [6.07, 6.45) is 0. The Labute approximate surface area is 91.3 Å². The third kappa shape index (κ3) is 1.23. The molecular formula is C6H8O11. The number of hydrogen-bond acceptors (Lipinski definition) is 9. The number of rotatable bonds is 2. The Morgan fingerprint density at radius 2 is 0.941 bits per heavy atom. The summed E-state index contributed by atoms with van der Waals surface area (Å²) in [7, 11) is 0. The summed E-state index contributed by atoms with van der Waals surface area (Å²) in [5.74, 6) is -22.3. The molecule has 0 amide bonds. The van der Waals surface area contributed by atoms with E-state index in [0.717, 1.165) is 0 Å². The van der Waals surface area contributed by atoms with Gasteiger partial charge in [-0.3, -0.25) is 4.74 Å². The molecule has 17 heavy (non-hydrogen) atoms. The first-order valence-electron chi connectivity index (χ1n) is 3.86. The summed E-state index contributed by atoms with van der Waals surface area (Å²) in [6.45, 7) is 0.